The summed E-state index contributed by atoms with van der Waals surface area (Å²) in [5.74, 6) is 2.34. The molecule has 0 saturated heterocycles. The summed E-state index contributed by atoms with van der Waals surface area (Å²) in [6.07, 6.45) is 0.860. The Bertz CT molecular complexity index is 611. The minimum Gasteiger partial charge on any atom is -0.491 e. The Morgan fingerprint density at radius 1 is 1.14 bits per heavy atom. The molecule has 1 aliphatic heterocycles. The van der Waals surface area contributed by atoms with Crippen molar-refractivity contribution in [3.8, 4) is 17.5 Å². The Morgan fingerprint density at radius 2 is 1.86 bits per heavy atom. The maximum Gasteiger partial charge on any atom is 0.229 e. The summed E-state index contributed by atoms with van der Waals surface area (Å²) in [6.45, 7) is 0.569. The smallest absolute Gasteiger partial charge is 0.229 e. The lowest BCUT2D eigenvalue weighted by molar-refractivity contribution is 0.271. The zero-order valence-corrected chi connectivity index (χ0v) is 12.0. The van der Waals surface area contributed by atoms with Gasteiger partial charge in [0.15, 0.2) is 0 Å². The minimum atomic E-state index is 0.108. The highest BCUT2D eigenvalue weighted by molar-refractivity contribution is 5.39. The van der Waals surface area contributed by atoms with E-state index in [1.54, 1.807) is 20.3 Å². The van der Waals surface area contributed by atoms with Gasteiger partial charge in [-0.1, -0.05) is 18.2 Å². The molecule has 1 atom stereocenters. The third-order valence-corrected chi connectivity index (χ3v) is 3.31. The number of nitrogens with zero attached hydrogens (tertiary/aromatic N) is 2. The van der Waals surface area contributed by atoms with Crippen LogP contribution in [0.2, 0.25) is 0 Å². The molecule has 0 aliphatic carbocycles. The quantitative estimate of drug-likeness (QED) is 0.926. The molecule has 1 unspecified atom stereocenters. The van der Waals surface area contributed by atoms with Gasteiger partial charge in [-0.05, 0) is 18.1 Å². The van der Waals surface area contributed by atoms with Gasteiger partial charge in [0.2, 0.25) is 17.7 Å². The molecular weight excluding hydrogens is 270 g/mol. The molecule has 6 nitrogen and oxygen atoms in total. The van der Waals surface area contributed by atoms with Crippen molar-refractivity contribution in [3.05, 3.63) is 35.9 Å². The normalized spacial score (nSPS) is 16.6. The van der Waals surface area contributed by atoms with E-state index in [9.17, 15) is 0 Å². The Kier molecular flexibility index (Phi) is 3.77. The molecular formula is C15H17N3O3. The Morgan fingerprint density at radius 3 is 2.57 bits per heavy atom. The zero-order valence-electron chi connectivity index (χ0n) is 12.0. The first-order chi connectivity index (χ1) is 10.3. The Balaban J connectivity index is 1.76. The van der Waals surface area contributed by atoms with Crippen molar-refractivity contribution < 1.29 is 14.2 Å². The van der Waals surface area contributed by atoms with E-state index in [2.05, 4.69) is 21.4 Å². The lowest BCUT2D eigenvalue weighted by atomic mass is 10.0. The van der Waals surface area contributed by atoms with Gasteiger partial charge >= 0.3 is 0 Å². The van der Waals surface area contributed by atoms with Crippen molar-refractivity contribution in [1.29, 1.82) is 0 Å². The second kappa shape index (κ2) is 5.87. The van der Waals surface area contributed by atoms with Crippen LogP contribution < -0.4 is 19.5 Å². The van der Waals surface area contributed by atoms with Crippen LogP contribution in [0.5, 0.6) is 17.5 Å². The van der Waals surface area contributed by atoms with Crippen LogP contribution >= 0.6 is 0 Å². The van der Waals surface area contributed by atoms with Crippen LogP contribution in [0, 0.1) is 0 Å². The van der Waals surface area contributed by atoms with Crippen molar-refractivity contribution in [1.82, 2.24) is 9.97 Å². The second-order valence-corrected chi connectivity index (χ2v) is 4.74. The third-order valence-electron chi connectivity index (χ3n) is 3.31. The van der Waals surface area contributed by atoms with Gasteiger partial charge in [0.05, 0.1) is 26.3 Å². The van der Waals surface area contributed by atoms with Crippen LogP contribution in [0.4, 0.5) is 5.95 Å². The number of rotatable bonds is 4. The molecule has 0 spiro atoms. The molecule has 1 aliphatic rings. The van der Waals surface area contributed by atoms with E-state index in [0.29, 0.717) is 24.3 Å². The van der Waals surface area contributed by atoms with Crippen LogP contribution in [0.15, 0.2) is 30.3 Å². The monoisotopic (exact) mass is 287 g/mol. The van der Waals surface area contributed by atoms with Crippen LogP contribution in [-0.4, -0.2) is 36.8 Å². The topological polar surface area (TPSA) is 65.5 Å². The van der Waals surface area contributed by atoms with Gasteiger partial charge in [-0.15, -0.1) is 0 Å². The number of fused-ring (bicyclic) bond motifs is 1. The molecule has 3 rings (SSSR count). The van der Waals surface area contributed by atoms with E-state index in [0.717, 1.165) is 12.2 Å². The Hall–Kier alpha value is -2.50. The van der Waals surface area contributed by atoms with Gasteiger partial charge in [-0.25, -0.2) is 0 Å². The summed E-state index contributed by atoms with van der Waals surface area (Å²) < 4.78 is 16.0. The van der Waals surface area contributed by atoms with Crippen molar-refractivity contribution in [2.45, 2.75) is 12.5 Å². The number of hydrogen-bond donors (Lipinski definition) is 1. The van der Waals surface area contributed by atoms with Gasteiger partial charge in [0, 0.05) is 0 Å². The molecule has 6 heteroatoms. The maximum atomic E-state index is 5.74. The third kappa shape index (κ3) is 2.99. The fourth-order valence-electron chi connectivity index (χ4n) is 2.28. The largest absolute Gasteiger partial charge is 0.491 e. The molecule has 0 saturated carbocycles. The fraction of sp³-hybridized carbons (Fsp3) is 0.333. The number of para-hydroxylation sites is 1. The SMILES string of the molecule is COc1cc(OC)nc(NC2COc3ccccc3C2)n1. The average Bonchev–Trinajstić information content (AvgIpc) is 2.54. The summed E-state index contributed by atoms with van der Waals surface area (Å²) in [6, 6.07) is 9.78. The summed E-state index contributed by atoms with van der Waals surface area (Å²) in [4.78, 5) is 8.54. The molecule has 1 N–H and O–H groups in total. The van der Waals surface area contributed by atoms with E-state index in [-0.39, 0.29) is 6.04 Å². The lowest BCUT2D eigenvalue weighted by Crippen LogP contribution is -2.33. The number of benzene rings is 1. The molecule has 110 valence electrons. The predicted molar refractivity (Wildman–Crippen MR) is 78.2 cm³/mol. The van der Waals surface area contributed by atoms with Crippen LogP contribution in [0.3, 0.4) is 0 Å². The number of hydrogen-bond acceptors (Lipinski definition) is 6. The minimum absolute atomic E-state index is 0.108. The van der Waals surface area contributed by atoms with Gasteiger partial charge in [0.25, 0.3) is 0 Å². The number of aromatic nitrogens is 2. The molecule has 0 fully saturated rings. The lowest BCUT2D eigenvalue weighted by Gasteiger charge is -2.26. The highest BCUT2D eigenvalue weighted by Crippen LogP contribution is 2.25. The Labute approximate surface area is 123 Å². The summed E-state index contributed by atoms with van der Waals surface area (Å²) in [5, 5.41) is 3.26. The average molecular weight is 287 g/mol. The van der Waals surface area contributed by atoms with Gasteiger partial charge in [0.1, 0.15) is 12.4 Å². The standard InChI is InChI=1S/C15H17N3O3/c1-19-13-8-14(20-2)18-15(17-13)16-11-7-10-5-3-4-6-12(10)21-9-11/h3-6,8,11H,7,9H2,1-2H3,(H,16,17,18). The zero-order chi connectivity index (χ0) is 14.7. The van der Waals surface area contributed by atoms with Gasteiger partial charge in [-0.2, -0.15) is 9.97 Å². The van der Waals surface area contributed by atoms with Crippen LogP contribution in [0.25, 0.3) is 0 Å². The van der Waals surface area contributed by atoms with Crippen molar-refractivity contribution >= 4 is 5.95 Å². The number of nitrogens with one attached hydrogen (secondary N) is 1. The summed E-state index contributed by atoms with van der Waals surface area (Å²) >= 11 is 0. The van der Waals surface area contributed by atoms with Gasteiger partial charge < -0.3 is 19.5 Å². The van der Waals surface area contributed by atoms with E-state index in [1.165, 1.54) is 5.56 Å². The van der Waals surface area contributed by atoms with Crippen molar-refractivity contribution in [2.24, 2.45) is 0 Å². The second-order valence-electron chi connectivity index (χ2n) is 4.74. The molecule has 21 heavy (non-hydrogen) atoms. The molecule has 2 heterocycles. The fourth-order valence-corrected chi connectivity index (χ4v) is 2.28. The molecule has 1 aromatic carbocycles. The highest BCUT2D eigenvalue weighted by atomic mass is 16.5. The predicted octanol–water partition coefficient (Wildman–Crippen LogP) is 1.91. The van der Waals surface area contributed by atoms with Crippen molar-refractivity contribution in [3.63, 3.8) is 0 Å². The van der Waals surface area contributed by atoms with Crippen LogP contribution in [0.1, 0.15) is 5.56 Å². The van der Waals surface area contributed by atoms with E-state index < -0.39 is 0 Å². The van der Waals surface area contributed by atoms with Crippen molar-refractivity contribution in [2.75, 3.05) is 26.1 Å². The number of methoxy groups -OCH3 is 2. The first kappa shape index (κ1) is 13.5. The molecule has 2 aromatic rings. The highest BCUT2D eigenvalue weighted by Gasteiger charge is 2.20. The van der Waals surface area contributed by atoms with Crippen LogP contribution in [-0.2, 0) is 6.42 Å². The molecule has 0 amide bonds. The first-order valence-corrected chi connectivity index (χ1v) is 6.73. The molecule has 1 aromatic heterocycles. The first-order valence-electron chi connectivity index (χ1n) is 6.73. The molecule has 0 bridgehead atoms. The maximum absolute atomic E-state index is 5.74. The van der Waals surface area contributed by atoms with Gasteiger partial charge in [-0.3, -0.25) is 0 Å². The van der Waals surface area contributed by atoms with E-state index >= 15 is 0 Å². The number of anilines is 1. The van der Waals surface area contributed by atoms with E-state index in [1.807, 2.05) is 18.2 Å². The van der Waals surface area contributed by atoms with E-state index in [4.69, 9.17) is 14.2 Å². The molecule has 0 radical (unpaired) electrons. The number of ether oxygens (including phenoxy) is 3. The summed E-state index contributed by atoms with van der Waals surface area (Å²) in [5.41, 5.74) is 1.18. The summed E-state index contributed by atoms with van der Waals surface area (Å²) in [7, 11) is 3.12.